The quantitative estimate of drug-likeness (QED) is 0.732. The highest BCUT2D eigenvalue weighted by atomic mass is 32.1. The Kier molecular flexibility index (Phi) is 3.13. The number of benzene rings is 1. The first-order valence-electron chi connectivity index (χ1n) is 6.01. The molecule has 4 nitrogen and oxygen atoms in total. The van der Waals surface area contributed by atoms with Gasteiger partial charge >= 0.3 is 0 Å². The molecule has 3 aromatic rings. The molecule has 5 heteroatoms. The highest BCUT2D eigenvalue weighted by molar-refractivity contribution is 7.13. The van der Waals surface area contributed by atoms with Gasteiger partial charge in [0.25, 0.3) is 5.89 Å². The molecule has 0 atom stereocenters. The minimum atomic E-state index is 0.500. The van der Waals surface area contributed by atoms with Crippen molar-refractivity contribution >= 4 is 11.3 Å². The van der Waals surface area contributed by atoms with Crippen LogP contribution in [0.25, 0.3) is 10.9 Å². The van der Waals surface area contributed by atoms with Crippen LogP contribution in [0, 0.1) is 13.8 Å². The van der Waals surface area contributed by atoms with Crippen molar-refractivity contribution in [2.45, 2.75) is 20.3 Å². The van der Waals surface area contributed by atoms with Crippen LogP contribution in [-0.4, -0.2) is 15.2 Å². The zero-order valence-electron chi connectivity index (χ0n) is 10.8. The summed E-state index contributed by atoms with van der Waals surface area (Å²) in [5.74, 6) is 1.12. The number of rotatable bonds is 3. The second-order valence-corrected chi connectivity index (χ2v) is 5.32. The molecule has 2 aromatic heterocycles. The van der Waals surface area contributed by atoms with E-state index in [1.54, 1.807) is 0 Å². The molecule has 2 heterocycles. The van der Waals surface area contributed by atoms with Gasteiger partial charge in [-0.05, 0) is 19.4 Å². The fourth-order valence-corrected chi connectivity index (χ4v) is 2.46. The van der Waals surface area contributed by atoms with E-state index in [-0.39, 0.29) is 0 Å². The molecule has 3 rings (SSSR count). The van der Waals surface area contributed by atoms with Crippen molar-refractivity contribution in [3.8, 4) is 10.9 Å². The van der Waals surface area contributed by atoms with Crippen molar-refractivity contribution in [1.29, 1.82) is 0 Å². The monoisotopic (exact) mass is 271 g/mol. The summed E-state index contributed by atoms with van der Waals surface area (Å²) < 4.78 is 5.64. The van der Waals surface area contributed by atoms with Crippen molar-refractivity contribution in [2.24, 2.45) is 0 Å². The normalized spacial score (nSPS) is 10.8. The summed E-state index contributed by atoms with van der Waals surface area (Å²) in [6, 6.07) is 8.31. The van der Waals surface area contributed by atoms with E-state index in [2.05, 4.69) is 46.4 Å². The van der Waals surface area contributed by atoms with Crippen molar-refractivity contribution in [3.05, 3.63) is 52.4 Å². The maximum Gasteiger partial charge on any atom is 0.276 e. The minimum Gasteiger partial charge on any atom is -0.418 e. The van der Waals surface area contributed by atoms with Gasteiger partial charge in [-0.2, -0.15) is 0 Å². The largest absolute Gasteiger partial charge is 0.418 e. The molecule has 0 fully saturated rings. The molecule has 0 aliphatic rings. The number of thiazole rings is 1. The molecule has 19 heavy (non-hydrogen) atoms. The molecule has 0 bridgehead atoms. The molecule has 96 valence electrons. The summed E-state index contributed by atoms with van der Waals surface area (Å²) in [6.07, 6.45) is 0.650. The van der Waals surface area contributed by atoms with Crippen molar-refractivity contribution in [1.82, 2.24) is 15.2 Å². The van der Waals surface area contributed by atoms with E-state index in [4.69, 9.17) is 4.42 Å². The lowest BCUT2D eigenvalue weighted by molar-refractivity contribution is 0.517. The lowest BCUT2D eigenvalue weighted by Gasteiger charge is -1.97. The van der Waals surface area contributed by atoms with Gasteiger partial charge in [-0.1, -0.05) is 29.8 Å². The standard InChI is InChI=1S/C14H13N3OS/c1-9-3-5-11(6-4-9)7-12-16-17-13(18-12)14-15-10(2)8-19-14/h3-6,8H,7H2,1-2H3. The molecule has 0 aliphatic heterocycles. The summed E-state index contributed by atoms with van der Waals surface area (Å²) in [6.45, 7) is 4.02. The molecular weight excluding hydrogens is 258 g/mol. The first-order valence-corrected chi connectivity index (χ1v) is 6.89. The van der Waals surface area contributed by atoms with Crippen LogP contribution in [0.5, 0.6) is 0 Å². The number of aryl methyl sites for hydroxylation is 2. The van der Waals surface area contributed by atoms with Crippen molar-refractivity contribution < 1.29 is 4.42 Å². The lowest BCUT2D eigenvalue weighted by atomic mass is 10.1. The molecule has 0 saturated carbocycles. The van der Waals surface area contributed by atoms with Gasteiger partial charge in [0.2, 0.25) is 5.89 Å². The third-order valence-electron chi connectivity index (χ3n) is 2.74. The van der Waals surface area contributed by atoms with Crippen LogP contribution in [0.4, 0.5) is 0 Å². The van der Waals surface area contributed by atoms with Crippen LogP contribution in [0.2, 0.25) is 0 Å². The van der Waals surface area contributed by atoms with Crippen molar-refractivity contribution in [2.75, 3.05) is 0 Å². The van der Waals surface area contributed by atoms with Gasteiger partial charge in [0.1, 0.15) is 0 Å². The minimum absolute atomic E-state index is 0.500. The van der Waals surface area contributed by atoms with Gasteiger partial charge in [0, 0.05) is 11.1 Å². The van der Waals surface area contributed by atoms with Gasteiger partial charge in [0.05, 0.1) is 6.42 Å². The molecular formula is C14H13N3OS. The Hall–Kier alpha value is -2.01. The van der Waals surface area contributed by atoms with E-state index in [0.717, 1.165) is 16.3 Å². The molecule has 0 N–H and O–H groups in total. The van der Waals surface area contributed by atoms with E-state index < -0.39 is 0 Å². The fourth-order valence-electron chi connectivity index (χ4n) is 1.74. The molecule has 0 spiro atoms. The summed E-state index contributed by atoms with van der Waals surface area (Å²) in [5.41, 5.74) is 3.38. The average Bonchev–Trinajstić information content (AvgIpc) is 3.01. The maximum absolute atomic E-state index is 5.64. The molecule has 0 saturated heterocycles. The fraction of sp³-hybridized carbons (Fsp3) is 0.214. The lowest BCUT2D eigenvalue weighted by Crippen LogP contribution is -1.88. The topological polar surface area (TPSA) is 51.8 Å². The van der Waals surface area contributed by atoms with E-state index in [9.17, 15) is 0 Å². The SMILES string of the molecule is Cc1ccc(Cc2nnc(-c3nc(C)cs3)o2)cc1. The Morgan fingerprint density at radius 2 is 1.89 bits per heavy atom. The third-order valence-corrected chi connectivity index (χ3v) is 3.69. The molecule has 1 aromatic carbocycles. The highest BCUT2D eigenvalue weighted by Gasteiger charge is 2.12. The van der Waals surface area contributed by atoms with E-state index in [1.807, 2.05) is 12.3 Å². The summed E-state index contributed by atoms with van der Waals surface area (Å²) in [5, 5.41) is 10.9. The maximum atomic E-state index is 5.64. The highest BCUT2D eigenvalue weighted by Crippen LogP contribution is 2.22. The Balaban J connectivity index is 1.80. The smallest absolute Gasteiger partial charge is 0.276 e. The van der Waals surface area contributed by atoms with Crippen LogP contribution in [-0.2, 0) is 6.42 Å². The predicted octanol–water partition coefficient (Wildman–Crippen LogP) is 3.40. The number of nitrogens with zero attached hydrogens (tertiary/aromatic N) is 3. The predicted molar refractivity (Wildman–Crippen MR) is 74.1 cm³/mol. The third kappa shape index (κ3) is 2.71. The van der Waals surface area contributed by atoms with Crippen LogP contribution in [0.3, 0.4) is 0 Å². The molecule has 0 radical (unpaired) electrons. The van der Waals surface area contributed by atoms with Gasteiger partial charge in [-0.15, -0.1) is 21.5 Å². The van der Waals surface area contributed by atoms with Crippen LogP contribution in [0.15, 0.2) is 34.1 Å². The van der Waals surface area contributed by atoms with Gasteiger partial charge in [0.15, 0.2) is 5.01 Å². The Morgan fingerprint density at radius 3 is 2.58 bits per heavy atom. The van der Waals surface area contributed by atoms with Crippen LogP contribution in [0.1, 0.15) is 22.7 Å². The molecule has 0 amide bonds. The van der Waals surface area contributed by atoms with Crippen LogP contribution < -0.4 is 0 Å². The molecule has 0 aliphatic carbocycles. The summed E-state index contributed by atoms with van der Waals surface area (Å²) in [7, 11) is 0. The number of hydrogen-bond donors (Lipinski definition) is 0. The second kappa shape index (κ2) is 4.93. The first kappa shape index (κ1) is 12.0. The summed E-state index contributed by atoms with van der Waals surface area (Å²) >= 11 is 1.52. The van der Waals surface area contributed by atoms with Crippen molar-refractivity contribution in [3.63, 3.8) is 0 Å². The second-order valence-electron chi connectivity index (χ2n) is 4.46. The van der Waals surface area contributed by atoms with E-state index >= 15 is 0 Å². The number of hydrogen-bond acceptors (Lipinski definition) is 5. The number of aromatic nitrogens is 3. The first-order chi connectivity index (χ1) is 9.20. The summed E-state index contributed by atoms with van der Waals surface area (Å²) in [4.78, 5) is 4.34. The van der Waals surface area contributed by atoms with E-state index in [1.165, 1.54) is 16.9 Å². The van der Waals surface area contributed by atoms with Crippen LogP contribution >= 0.6 is 11.3 Å². The van der Waals surface area contributed by atoms with E-state index in [0.29, 0.717) is 18.2 Å². The zero-order chi connectivity index (χ0) is 13.2. The zero-order valence-corrected chi connectivity index (χ0v) is 11.6. The average molecular weight is 271 g/mol. The van der Waals surface area contributed by atoms with Gasteiger partial charge in [-0.25, -0.2) is 4.98 Å². The Bertz CT molecular complexity index is 685. The molecule has 0 unspecified atom stereocenters. The van der Waals surface area contributed by atoms with Gasteiger partial charge < -0.3 is 4.42 Å². The van der Waals surface area contributed by atoms with Gasteiger partial charge in [-0.3, -0.25) is 0 Å². The Labute approximate surface area is 115 Å². The Morgan fingerprint density at radius 1 is 1.11 bits per heavy atom.